The van der Waals surface area contributed by atoms with E-state index >= 15 is 0 Å². The normalized spacial score (nSPS) is 14.4. The van der Waals surface area contributed by atoms with Crippen LogP contribution in [0.3, 0.4) is 0 Å². The number of hydrogen-bond donors (Lipinski definition) is 1. The van der Waals surface area contributed by atoms with Crippen molar-refractivity contribution >= 4 is 42.3 Å². The van der Waals surface area contributed by atoms with Crippen LogP contribution in [0, 0.1) is 0 Å². The molecule has 0 spiro atoms. The van der Waals surface area contributed by atoms with Gasteiger partial charge in [0.05, 0.1) is 5.02 Å². The highest BCUT2D eigenvalue weighted by atomic mass is 35.5. The molecule has 0 radical (unpaired) electrons. The molecule has 8 heteroatoms. The standard InChI is InChI=1S/C17H26ClN3O2.2ClH/c1-19-8-4-7-17(22)21-11-9-20(10-12-21)13-14-23-16-6-3-2-5-15(16)18;;/h2-3,5-6,19H,4,7-14H2,1H3;2*1H. The maximum atomic E-state index is 12.1. The molecule has 0 bridgehead atoms. The van der Waals surface area contributed by atoms with Crippen molar-refractivity contribution in [3.05, 3.63) is 29.3 Å². The Morgan fingerprint density at radius 2 is 1.88 bits per heavy atom. The average Bonchev–Trinajstić information content (AvgIpc) is 2.57. The van der Waals surface area contributed by atoms with Crippen molar-refractivity contribution in [2.45, 2.75) is 12.8 Å². The summed E-state index contributed by atoms with van der Waals surface area (Å²) in [7, 11) is 1.91. The van der Waals surface area contributed by atoms with Crippen molar-refractivity contribution < 1.29 is 9.53 Å². The number of nitrogens with one attached hydrogen (secondary N) is 1. The second-order valence-electron chi connectivity index (χ2n) is 5.71. The number of rotatable bonds is 8. The predicted octanol–water partition coefficient (Wildman–Crippen LogP) is 2.71. The molecule has 1 heterocycles. The van der Waals surface area contributed by atoms with E-state index in [1.807, 2.05) is 36.2 Å². The van der Waals surface area contributed by atoms with Crippen molar-refractivity contribution in [1.82, 2.24) is 15.1 Å². The number of nitrogens with zero attached hydrogens (tertiary/aromatic N) is 2. The van der Waals surface area contributed by atoms with Crippen LogP contribution >= 0.6 is 36.4 Å². The minimum absolute atomic E-state index is 0. The maximum absolute atomic E-state index is 12.1. The first-order valence-electron chi connectivity index (χ1n) is 8.23. The number of carbonyl (C=O) groups excluding carboxylic acids is 1. The minimum Gasteiger partial charge on any atom is -0.491 e. The highest BCUT2D eigenvalue weighted by molar-refractivity contribution is 6.32. The van der Waals surface area contributed by atoms with Gasteiger partial charge in [-0.05, 0) is 32.1 Å². The van der Waals surface area contributed by atoms with Crippen LogP contribution in [0.25, 0.3) is 0 Å². The number of para-hydroxylation sites is 1. The molecular weight excluding hydrogens is 385 g/mol. The largest absolute Gasteiger partial charge is 0.491 e. The van der Waals surface area contributed by atoms with Crippen LogP contribution in [-0.4, -0.2) is 68.6 Å². The summed E-state index contributed by atoms with van der Waals surface area (Å²) in [5.41, 5.74) is 0. The van der Waals surface area contributed by atoms with Crippen molar-refractivity contribution in [2.75, 3.05) is 52.9 Å². The summed E-state index contributed by atoms with van der Waals surface area (Å²) in [6.45, 7) is 5.79. The second-order valence-corrected chi connectivity index (χ2v) is 6.12. The Bertz CT molecular complexity index is 498. The molecule has 1 amide bonds. The molecule has 5 nitrogen and oxygen atoms in total. The van der Waals surface area contributed by atoms with Gasteiger partial charge in [-0.2, -0.15) is 0 Å². The van der Waals surface area contributed by atoms with Gasteiger partial charge in [0.15, 0.2) is 0 Å². The number of amides is 1. The Hall–Kier alpha value is -0.720. The van der Waals surface area contributed by atoms with Crippen LogP contribution in [-0.2, 0) is 4.79 Å². The second kappa shape index (κ2) is 13.5. The fraction of sp³-hybridized carbons (Fsp3) is 0.588. The van der Waals surface area contributed by atoms with Gasteiger partial charge in [0.25, 0.3) is 0 Å². The number of benzene rings is 1. The molecule has 1 N–H and O–H groups in total. The summed E-state index contributed by atoms with van der Waals surface area (Å²) in [4.78, 5) is 16.4. The van der Waals surface area contributed by atoms with E-state index in [1.165, 1.54) is 0 Å². The first kappa shape index (κ1) is 24.3. The van der Waals surface area contributed by atoms with E-state index in [4.69, 9.17) is 16.3 Å². The Labute approximate surface area is 167 Å². The number of carbonyl (C=O) groups is 1. The summed E-state index contributed by atoms with van der Waals surface area (Å²) in [6.07, 6.45) is 1.54. The summed E-state index contributed by atoms with van der Waals surface area (Å²) in [5, 5.41) is 3.71. The van der Waals surface area contributed by atoms with Crippen LogP contribution < -0.4 is 10.1 Å². The van der Waals surface area contributed by atoms with Crippen LogP contribution in [0.2, 0.25) is 5.02 Å². The maximum Gasteiger partial charge on any atom is 0.222 e. The van der Waals surface area contributed by atoms with Crippen LogP contribution in [0.5, 0.6) is 5.75 Å². The molecule has 1 aromatic rings. The topological polar surface area (TPSA) is 44.8 Å². The van der Waals surface area contributed by atoms with Crippen LogP contribution in [0.1, 0.15) is 12.8 Å². The van der Waals surface area contributed by atoms with E-state index in [2.05, 4.69) is 10.2 Å². The monoisotopic (exact) mass is 411 g/mol. The van der Waals surface area contributed by atoms with Gasteiger partial charge in [-0.25, -0.2) is 0 Å². The van der Waals surface area contributed by atoms with E-state index < -0.39 is 0 Å². The molecule has 0 unspecified atom stereocenters. The summed E-state index contributed by atoms with van der Waals surface area (Å²) in [6, 6.07) is 7.51. The molecule has 25 heavy (non-hydrogen) atoms. The molecule has 2 rings (SSSR count). The lowest BCUT2D eigenvalue weighted by Gasteiger charge is -2.34. The van der Waals surface area contributed by atoms with Gasteiger partial charge in [0, 0.05) is 39.1 Å². The lowest BCUT2D eigenvalue weighted by atomic mass is 10.2. The molecule has 0 atom stereocenters. The number of ether oxygens (including phenoxy) is 1. The van der Waals surface area contributed by atoms with Crippen molar-refractivity contribution in [3.8, 4) is 5.75 Å². The number of halogens is 3. The van der Waals surface area contributed by atoms with E-state index in [1.54, 1.807) is 0 Å². The van der Waals surface area contributed by atoms with Crippen LogP contribution in [0.15, 0.2) is 24.3 Å². The lowest BCUT2D eigenvalue weighted by Crippen LogP contribution is -2.49. The molecule has 0 aliphatic carbocycles. The summed E-state index contributed by atoms with van der Waals surface area (Å²) >= 11 is 6.06. The van der Waals surface area contributed by atoms with Crippen molar-refractivity contribution in [1.29, 1.82) is 0 Å². The van der Waals surface area contributed by atoms with Gasteiger partial charge in [-0.15, -0.1) is 24.8 Å². The Morgan fingerprint density at radius 1 is 1.20 bits per heavy atom. The fourth-order valence-corrected chi connectivity index (χ4v) is 2.83. The molecule has 1 fully saturated rings. The Balaban J connectivity index is 0.00000288. The van der Waals surface area contributed by atoms with Gasteiger partial charge >= 0.3 is 0 Å². The highest BCUT2D eigenvalue weighted by Gasteiger charge is 2.20. The zero-order chi connectivity index (χ0) is 16.5. The van der Waals surface area contributed by atoms with E-state index in [9.17, 15) is 4.79 Å². The third-order valence-corrected chi connectivity index (χ3v) is 4.36. The van der Waals surface area contributed by atoms with E-state index in [-0.39, 0.29) is 30.7 Å². The smallest absolute Gasteiger partial charge is 0.222 e. The van der Waals surface area contributed by atoms with Crippen LogP contribution in [0.4, 0.5) is 0 Å². The average molecular weight is 413 g/mol. The Morgan fingerprint density at radius 3 is 2.52 bits per heavy atom. The van der Waals surface area contributed by atoms with Crippen molar-refractivity contribution in [2.24, 2.45) is 0 Å². The van der Waals surface area contributed by atoms with Gasteiger partial charge in [0.1, 0.15) is 12.4 Å². The zero-order valence-corrected chi connectivity index (χ0v) is 17.0. The van der Waals surface area contributed by atoms with Gasteiger partial charge in [-0.1, -0.05) is 23.7 Å². The highest BCUT2D eigenvalue weighted by Crippen LogP contribution is 2.22. The molecule has 0 saturated carbocycles. The summed E-state index contributed by atoms with van der Waals surface area (Å²) < 4.78 is 5.72. The first-order chi connectivity index (χ1) is 11.2. The molecule has 1 saturated heterocycles. The third kappa shape index (κ3) is 8.47. The van der Waals surface area contributed by atoms with Gasteiger partial charge in [0.2, 0.25) is 5.91 Å². The predicted molar refractivity (Wildman–Crippen MR) is 108 cm³/mol. The van der Waals surface area contributed by atoms with E-state index in [0.717, 1.165) is 51.4 Å². The third-order valence-electron chi connectivity index (χ3n) is 4.04. The van der Waals surface area contributed by atoms with Crippen molar-refractivity contribution in [3.63, 3.8) is 0 Å². The Kier molecular flexibility index (Phi) is 13.1. The molecule has 1 aliphatic rings. The first-order valence-corrected chi connectivity index (χ1v) is 8.60. The molecule has 1 aromatic carbocycles. The molecule has 1 aliphatic heterocycles. The van der Waals surface area contributed by atoms with E-state index in [0.29, 0.717) is 18.1 Å². The number of piperazine rings is 1. The SMILES string of the molecule is CNCCCC(=O)N1CCN(CCOc2ccccc2Cl)CC1.Cl.Cl. The fourth-order valence-electron chi connectivity index (χ4n) is 2.64. The summed E-state index contributed by atoms with van der Waals surface area (Å²) in [5.74, 6) is 1.000. The number of hydrogen-bond acceptors (Lipinski definition) is 4. The molecule has 144 valence electrons. The van der Waals surface area contributed by atoms with Gasteiger partial charge in [-0.3, -0.25) is 9.69 Å². The molecular formula is C17H28Cl3N3O2. The zero-order valence-electron chi connectivity index (χ0n) is 14.6. The quantitative estimate of drug-likeness (QED) is 0.667. The minimum atomic E-state index is 0. The van der Waals surface area contributed by atoms with Gasteiger partial charge < -0.3 is 15.0 Å². The molecule has 0 aromatic heterocycles. The lowest BCUT2D eigenvalue weighted by molar-refractivity contribution is -0.133.